The van der Waals surface area contributed by atoms with E-state index >= 15 is 0 Å². The largest absolute Gasteiger partial charge is 0.489 e. The smallest absolute Gasteiger partial charge is 0.169 e. The van der Waals surface area contributed by atoms with Gasteiger partial charge in [0, 0.05) is 11.0 Å². The van der Waals surface area contributed by atoms with Crippen molar-refractivity contribution in [2.45, 2.75) is 45.1 Å². The highest BCUT2D eigenvalue weighted by Gasteiger charge is 2.44. The molecule has 1 saturated carbocycles. The van der Waals surface area contributed by atoms with Crippen LogP contribution in [0.3, 0.4) is 0 Å². The standard InChI is InChI=1S/C21H22O2/c22-20-19-9-8-18(23-15-16-6-2-1-3-7-16)14-17(19)10-13-21(20)11-4-5-12-21/h1-3,6-9,14H,4-5,10-13,15H2. The molecule has 0 amide bonds. The van der Waals surface area contributed by atoms with E-state index in [1.165, 1.54) is 12.8 Å². The Morgan fingerprint density at radius 1 is 0.957 bits per heavy atom. The van der Waals surface area contributed by atoms with E-state index in [1.807, 2.05) is 30.3 Å². The van der Waals surface area contributed by atoms with Crippen molar-refractivity contribution in [2.75, 3.05) is 0 Å². The molecule has 1 spiro atoms. The molecule has 2 aromatic carbocycles. The van der Waals surface area contributed by atoms with Crippen molar-refractivity contribution in [3.8, 4) is 5.75 Å². The van der Waals surface area contributed by atoms with Gasteiger partial charge in [-0.3, -0.25) is 4.79 Å². The Morgan fingerprint density at radius 3 is 2.52 bits per heavy atom. The van der Waals surface area contributed by atoms with Crippen LogP contribution in [0.4, 0.5) is 0 Å². The SMILES string of the molecule is O=C1c2ccc(OCc3ccccc3)cc2CCC12CCCC2. The molecular formula is C21H22O2. The first-order valence-electron chi connectivity index (χ1n) is 8.61. The maximum Gasteiger partial charge on any atom is 0.169 e. The number of benzene rings is 2. The van der Waals surface area contributed by atoms with Gasteiger partial charge < -0.3 is 4.74 Å². The molecule has 4 rings (SSSR count). The molecule has 118 valence electrons. The minimum atomic E-state index is -0.0422. The predicted molar refractivity (Wildman–Crippen MR) is 90.8 cm³/mol. The third-order valence-electron chi connectivity index (χ3n) is 5.48. The fourth-order valence-corrected chi connectivity index (χ4v) is 4.13. The maximum atomic E-state index is 12.9. The fourth-order valence-electron chi connectivity index (χ4n) is 4.13. The van der Waals surface area contributed by atoms with Crippen molar-refractivity contribution in [3.05, 3.63) is 65.2 Å². The van der Waals surface area contributed by atoms with Gasteiger partial charge in [-0.2, -0.15) is 0 Å². The van der Waals surface area contributed by atoms with Gasteiger partial charge in [-0.25, -0.2) is 0 Å². The maximum absolute atomic E-state index is 12.9. The van der Waals surface area contributed by atoms with Crippen molar-refractivity contribution >= 4 is 5.78 Å². The number of aryl methyl sites for hydroxylation is 1. The zero-order valence-corrected chi connectivity index (χ0v) is 13.4. The molecule has 2 aliphatic rings. The second kappa shape index (κ2) is 5.84. The van der Waals surface area contributed by atoms with E-state index in [0.29, 0.717) is 12.4 Å². The van der Waals surface area contributed by atoms with Gasteiger partial charge >= 0.3 is 0 Å². The molecule has 0 bridgehead atoms. The fraction of sp³-hybridized carbons (Fsp3) is 0.381. The van der Waals surface area contributed by atoms with Gasteiger partial charge in [0.05, 0.1) is 0 Å². The van der Waals surface area contributed by atoms with Crippen molar-refractivity contribution in [1.29, 1.82) is 0 Å². The number of ketones is 1. The number of carbonyl (C=O) groups is 1. The molecular weight excluding hydrogens is 284 g/mol. The predicted octanol–water partition coefficient (Wildman–Crippen LogP) is 4.95. The molecule has 1 fully saturated rings. The Bertz CT molecular complexity index is 712. The Labute approximate surface area is 137 Å². The summed E-state index contributed by atoms with van der Waals surface area (Å²) in [5, 5.41) is 0. The van der Waals surface area contributed by atoms with Crippen molar-refractivity contribution in [2.24, 2.45) is 5.41 Å². The second-order valence-corrected chi connectivity index (χ2v) is 6.91. The Balaban J connectivity index is 1.52. The first kappa shape index (κ1) is 14.5. The number of hydrogen-bond donors (Lipinski definition) is 0. The molecule has 2 aromatic rings. The number of Topliss-reactive ketones (excluding diaryl/α,β-unsaturated/α-hetero) is 1. The van der Waals surface area contributed by atoms with Crippen LogP contribution >= 0.6 is 0 Å². The highest BCUT2D eigenvalue weighted by molar-refractivity contribution is 6.03. The average molecular weight is 306 g/mol. The van der Waals surface area contributed by atoms with Gasteiger partial charge in [-0.15, -0.1) is 0 Å². The quantitative estimate of drug-likeness (QED) is 0.801. The van der Waals surface area contributed by atoms with Gasteiger partial charge in [0.15, 0.2) is 5.78 Å². The lowest BCUT2D eigenvalue weighted by molar-refractivity contribution is 0.0765. The van der Waals surface area contributed by atoms with Crippen LogP contribution in [0.5, 0.6) is 5.75 Å². The number of rotatable bonds is 3. The molecule has 0 unspecified atom stereocenters. The van der Waals surface area contributed by atoms with Crippen molar-refractivity contribution in [1.82, 2.24) is 0 Å². The third-order valence-corrected chi connectivity index (χ3v) is 5.48. The van der Waals surface area contributed by atoms with Crippen LogP contribution in [0.15, 0.2) is 48.5 Å². The molecule has 2 aliphatic carbocycles. The summed E-state index contributed by atoms with van der Waals surface area (Å²) in [5.41, 5.74) is 3.22. The van der Waals surface area contributed by atoms with Gasteiger partial charge in [-0.1, -0.05) is 43.2 Å². The van der Waals surface area contributed by atoms with Crippen molar-refractivity contribution in [3.63, 3.8) is 0 Å². The summed E-state index contributed by atoms with van der Waals surface area (Å²) in [5.74, 6) is 1.24. The second-order valence-electron chi connectivity index (χ2n) is 6.91. The Hall–Kier alpha value is -2.09. The molecule has 0 aromatic heterocycles. The van der Waals surface area contributed by atoms with Crippen LogP contribution in [-0.2, 0) is 13.0 Å². The molecule has 2 nitrogen and oxygen atoms in total. The third kappa shape index (κ3) is 2.67. The normalized spacial score (nSPS) is 18.9. The lowest BCUT2D eigenvalue weighted by Gasteiger charge is -2.33. The summed E-state index contributed by atoms with van der Waals surface area (Å²) in [6.45, 7) is 0.567. The van der Waals surface area contributed by atoms with Gasteiger partial charge in [0.25, 0.3) is 0 Å². The molecule has 0 atom stereocenters. The molecule has 0 heterocycles. The van der Waals surface area contributed by atoms with Crippen LogP contribution in [0.25, 0.3) is 0 Å². The Morgan fingerprint density at radius 2 is 1.74 bits per heavy atom. The van der Waals surface area contributed by atoms with Gasteiger partial charge in [0.2, 0.25) is 0 Å². The van der Waals surface area contributed by atoms with Crippen LogP contribution in [-0.4, -0.2) is 5.78 Å². The topological polar surface area (TPSA) is 26.3 Å². The van der Waals surface area contributed by atoms with E-state index in [9.17, 15) is 4.79 Å². The van der Waals surface area contributed by atoms with Gasteiger partial charge in [0.1, 0.15) is 12.4 Å². The number of hydrogen-bond acceptors (Lipinski definition) is 2. The lowest BCUT2D eigenvalue weighted by Crippen LogP contribution is -2.33. The molecule has 0 aliphatic heterocycles. The van der Waals surface area contributed by atoms with Crippen LogP contribution in [0, 0.1) is 5.41 Å². The van der Waals surface area contributed by atoms with E-state index in [1.54, 1.807) is 0 Å². The Kier molecular flexibility index (Phi) is 3.68. The minimum absolute atomic E-state index is 0.0422. The number of ether oxygens (including phenoxy) is 1. The van der Waals surface area contributed by atoms with Crippen LogP contribution in [0.1, 0.15) is 53.6 Å². The summed E-state index contributed by atoms with van der Waals surface area (Å²) < 4.78 is 5.90. The van der Waals surface area contributed by atoms with Gasteiger partial charge in [-0.05, 0) is 55.0 Å². The van der Waals surface area contributed by atoms with E-state index in [2.05, 4.69) is 18.2 Å². The van der Waals surface area contributed by atoms with E-state index in [0.717, 1.165) is 48.1 Å². The monoisotopic (exact) mass is 306 g/mol. The first-order valence-corrected chi connectivity index (χ1v) is 8.61. The zero-order valence-electron chi connectivity index (χ0n) is 13.4. The molecule has 23 heavy (non-hydrogen) atoms. The molecule has 0 saturated heterocycles. The molecule has 0 radical (unpaired) electrons. The summed E-state index contributed by atoms with van der Waals surface area (Å²) in [7, 11) is 0. The van der Waals surface area contributed by atoms with Crippen LogP contribution < -0.4 is 4.74 Å². The summed E-state index contributed by atoms with van der Waals surface area (Å²) in [6.07, 6.45) is 6.60. The average Bonchev–Trinajstić information content (AvgIpc) is 3.07. The summed E-state index contributed by atoms with van der Waals surface area (Å²) >= 11 is 0. The summed E-state index contributed by atoms with van der Waals surface area (Å²) in [6, 6.07) is 16.2. The highest BCUT2D eigenvalue weighted by atomic mass is 16.5. The highest BCUT2D eigenvalue weighted by Crippen LogP contribution is 2.48. The molecule has 2 heteroatoms. The van der Waals surface area contributed by atoms with Crippen molar-refractivity contribution < 1.29 is 9.53 Å². The number of carbonyl (C=O) groups excluding carboxylic acids is 1. The van der Waals surface area contributed by atoms with E-state index < -0.39 is 0 Å². The molecule has 0 N–H and O–H groups in total. The van der Waals surface area contributed by atoms with E-state index in [-0.39, 0.29) is 5.41 Å². The van der Waals surface area contributed by atoms with Crippen LogP contribution in [0.2, 0.25) is 0 Å². The minimum Gasteiger partial charge on any atom is -0.489 e. The first-order chi connectivity index (χ1) is 11.3. The number of fused-ring (bicyclic) bond motifs is 1. The zero-order chi connectivity index (χ0) is 15.7. The lowest BCUT2D eigenvalue weighted by atomic mass is 9.69. The summed E-state index contributed by atoms with van der Waals surface area (Å²) in [4.78, 5) is 12.9. The van der Waals surface area contributed by atoms with E-state index in [4.69, 9.17) is 4.74 Å².